The van der Waals surface area contributed by atoms with E-state index in [2.05, 4.69) is 4.74 Å². The second-order valence-corrected chi connectivity index (χ2v) is 3.96. The van der Waals surface area contributed by atoms with Crippen molar-refractivity contribution in [1.29, 1.82) is 0 Å². The number of halogens is 2. The molecule has 0 spiro atoms. The number of carbonyl (C=O) groups excluding carboxylic acids is 1. The molecular formula is C11H9Cl2NO4. The Morgan fingerprint density at radius 3 is 2.72 bits per heavy atom. The fourth-order valence-electron chi connectivity index (χ4n) is 1.17. The number of carbonyl (C=O) groups is 1. The summed E-state index contributed by atoms with van der Waals surface area (Å²) in [6.07, 6.45) is 2.45. The molecule has 0 heterocycles. The molecule has 0 fully saturated rings. The summed E-state index contributed by atoms with van der Waals surface area (Å²) in [5, 5.41) is 10.8. The van der Waals surface area contributed by atoms with Gasteiger partial charge in [0.05, 0.1) is 21.6 Å². The average Bonchev–Trinajstić information content (AvgIpc) is 2.31. The van der Waals surface area contributed by atoms with Crippen LogP contribution in [0.5, 0.6) is 0 Å². The zero-order valence-electron chi connectivity index (χ0n) is 9.35. The molecule has 0 atom stereocenters. The summed E-state index contributed by atoms with van der Waals surface area (Å²) in [7, 11) is 0. The van der Waals surface area contributed by atoms with Crippen LogP contribution in [0.25, 0.3) is 6.08 Å². The first-order valence-electron chi connectivity index (χ1n) is 4.94. The normalized spacial score (nSPS) is 10.6. The predicted octanol–water partition coefficient (Wildman–Crippen LogP) is 3.48. The van der Waals surface area contributed by atoms with Crippen LogP contribution in [-0.2, 0) is 9.53 Å². The molecule has 0 amide bonds. The molecule has 0 aromatic heterocycles. The molecular weight excluding hydrogens is 281 g/mol. The van der Waals surface area contributed by atoms with Crippen LogP contribution >= 0.6 is 23.2 Å². The van der Waals surface area contributed by atoms with E-state index >= 15 is 0 Å². The van der Waals surface area contributed by atoms with Gasteiger partial charge in [0.1, 0.15) is 0 Å². The summed E-state index contributed by atoms with van der Waals surface area (Å²) < 4.78 is 4.68. The van der Waals surface area contributed by atoms with Crippen molar-refractivity contribution in [1.82, 2.24) is 0 Å². The van der Waals surface area contributed by atoms with Gasteiger partial charge in [0.2, 0.25) is 0 Å². The molecule has 1 rings (SSSR count). The number of nitrogens with zero attached hydrogens (tertiary/aromatic N) is 1. The highest BCUT2D eigenvalue weighted by molar-refractivity contribution is 6.43. The minimum atomic E-state index is -0.593. The molecule has 0 aliphatic carbocycles. The largest absolute Gasteiger partial charge is 0.463 e. The maximum atomic E-state index is 11.1. The molecule has 0 saturated heterocycles. The number of hydrogen-bond donors (Lipinski definition) is 0. The summed E-state index contributed by atoms with van der Waals surface area (Å²) in [5.41, 5.74) is 0.0804. The van der Waals surface area contributed by atoms with E-state index in [1.54, 1.807) is 6.92 Å². The van der Waals surface area contributed by atoms with Crippen LogP contribution in [0.1, 0.15) is 12.5 Å². The Balaban J connectivity index is 3.08. The average molecular weight is 290 g/mol. The molecule has 0 N–H and O–H groups in total. The van der Waals surface area contributed by atoms with E-state index < -0.39 is 10.9 Å². The van der Waals surface area contributed by atoms with Gasteiger partial charge in [-0.05, 0) is 13.0 Å². The van der Waals surface area contributed by atoms with Crippen LogP contribution in [0.2, 0.25) is 10.0 Å². The summed E-state index contributed by atoms with van der Waals surface area (Å²) in [5.74, 6) is -0.559. The van der Waals surface area contributed by atoms with Crippen LogP contribution in [0.3, 0.4) is 0 Å². The predicted molar refractivity (Wildman–Crippen MR) is 68.8 cm³/mol. The monoisotopic (exact) mass is 289 g/mol. The topological polar surface area (TPSA) is 69.4 Å². The van der Waals surface area contributed by atoms with Gasteiger partial charge >= 0.3 is 5.97 Å². The SMILES string of the molecule is CCOC(=O)/C=C/c1cc([N+](=O)[O-])cc(Cl)c1Cl. The minimum Gasteiger partial charge on any atom is -0.463 e. The minimum absolute atomic E-state index is 0.0503. The van der Waals surface area contributed by atoms with Gasteiger partial charge in [0, 0.05) is 23.8 Å². The number of esters is 1. The van der Waals surface area contributed by atoms with E-state index in [9.17, 15) is 14.9 Å². The van der Waals surface area contributed by atoms with E-state index in [4.69, 9.17) is 23.2 Å². The molecule has 0 saturated carbocycles. The molecule has 18 heavy (non-hydrogen) atoms. The van der Waals surface area contributed by atoms with Gasteiger partial charge in [-0.25, -0.2) is 4.79 Å². The first-order valence-corrected chi connectivity index (χ1v) is 5.69. The highest BCUT2D eigenvalue weighted by Crippen LogP contribution is 2.31. The van der Waals surface area contributed by atoms with E-state index in [1.165, 1.54) is 12.1 Å². The standard InChI is InChI=1S/C11H9Cl2NO4/c1-2-18-10(15)4-3-7-5-8(14(16)17)6-9(12)11(7)13/h3-6H,2H2,1H3/b4-3+. The molecule has 0 aliphatic rings. The van der Waals surface area contributed by atoms with Gasteiger partial charge < -0.3 is 4.74 Å². The van der Waals surface area contributed by atoms with Crippen molar-refractivity contribution >= 4 is 40.9 Å². The van der Waals surface area contributed by atoms with Crippen molar-refractivity contribution in [3.05, 3.63) is 43.9 Å². The third kappa shape index (κ3) is 3.72. The molecule has 5 nitrogen and oxygen atoms in total. The quantitative estimate of drug-likeness (QED) is 0.368. The Bertz CT molecular complexity index is 514. The van der Waals surface area contributed by atoms with Crippen molar-refractivity contribution in [2.75, 3.05) is 6.61 Å². The van der Waals surface area contributed by atoms with E-state index in [0.29, 0.717) is 0 Å². The van der Waals surface area contributed by atoms with E-state index in [-0.39, 0.29) is 27.9 Å². The molecule has 0 aliphatic heterocycles. The second kappa shape index (κ2) is 6.37. The lowest BCUT2D eigenvalue weighted by atomic mass is 10.2. The fraction of sp³-hybridized carbons (Fsp3) is 0.182. The number of non-ortho nitro benzene ring substituents is 1. The number of benzene rings is 1. The van der Waals surface area contributed by atoms with Crippen LogP contribution in [0.4, 0.5) is 5.69 Å². The Morgan fingerprint density at radius 2 is 2.17 bits per heavy atom. The van der Waals surface area contributed by atoms with Crippen molar-refractivity contribution < 1.29 is 14.5 Å². The highest BCUT2D eigenvalue weighted by atomic mass is 35.5. The van der Waals surface area contributed by atoms with Crippen molar-refractivity contribution in [2.24, 2.45) is 0 Å². The van der Waals surface area contributed by atoms with E-state index in [0.717, 1.165) is 12.1 Å². The van der Waals surface area contributed by atoms with Crippen molar-refractivity contribution in [3.63, 3.8) is 0 Å². The van der Waals surface area contributed by atoms with Crippen LogP contribution in [0, 0.1) is 10.1 Å². The zero-order valence-corrected chi connectivity index (χ0v) is 10.9. The summed E-state index contributed by atoms with van der Waals surface area (Å²) in [6, 6.07) is 2.37. The number of ether oxygens (including phenoxy) is 1. The number of nitro benzene ring substituents is 1. The highest BCUT2D eigenvalue weighted by Gasteiger charge is 2.13. The summed E-state index contributed by atoms with van der Waals surface area (Å²) in [4.78, 5) is 21.2. The maximum absolute atomic E-state index is 11.1. The molecule has 96 valence electrons. The lowest BCUT2D eigenvalue weighted by molar-refractivity contribution is -0.384. The third-order valence-corrected chi connectivity index (χ3v) is 2.75. The van der Waals surface area contributed by atoms with Crippen molar-refractivity contribution in [2.45, 2.75) is 6.92 Å². The van der Waals surface area contributed by atoms with Gasteiger partial charge in [0.25, 0.3) is 5.69 Å². The zero-order chi connectivity index (χ0) is 13.7. The number of rotatable bonds is 4. The van der Waals surface area contributed by atoms with Gasteiger partial charge in [-0.1, -0.05) is 23.2 Å². The Hall–Kier alpha value is -1.59. The summed E-state index contributed by atoms with van der Waals surface area (Å²) in [6.45, 7) is 1.91. The third-order valence-electron chi connectivity index (χ3n) is 1.94. The Kier molecular flexibility index (Phi) is 5.12. The Labute approximate surface area is 113 Å². The molecule has 1 aromatic carbocycles. The molecule has 0 unspecified atom stereocenters. The molecule has 1 aromatic rings. The summed E-state index contributed by atoms with van der Waals surface area (Å²) >= 11 is 11.6. The lowest BCUT2D eigenvalue weighted by Gasteiger charge is -2.01. The van der Waals surface area contributed by atoms with Gasteiger partial charge in [-0.3, -0.25) is 10.1 Å². The van der Waals surface area contributed by atoms with Gasteiger partial charge in [-0.2, -0.15) is 0 Å². The first-order chi connectivity index (χ1) is 8.45. The first kappa shape index (κ1) is 14.5. The van der Waals surface area contributed by atoms with Crippen LogP contribution in [-0.4, -0.2) is 17.5 Å². The smallest absolute Gasteiger partial charge is 0.330 e. The van der Waals surface area contributed by atoms with Crippen LogP contribution < -0.4 is 0 Å². The fourth-order valence-corrected chi connectivity index (χ4v) is 1.56. The van der Waals surface area contributed by atoms with Gasteiger partial charge in [-0.15, -0.1) is 0 Å². The van der Waals surface area contributed by atoms with E-state index in [1.807, 2.05) is 0 Å². The number of hydrogen-bond acceptors (Lipinski definition) is 4. The maximum Gasteiger partial charge on any atom is 0.330 e. The Morgan fingerprint density at radius 1 is 1.50 bits per heavy atom. The lowest BCUT2D eigenvalue weighted by Crippen LogP contribution is -1.98. The number of nitro groups is 1. The molecule has 0 radical (unpaired) electrons. The molecule has 0 bridgehead atoms. The van der Waals surface area contributed by atoms with Crippen molar-refractivity contribution in [3.8, 4) is 0 Å². The molecule has 7 heteroatoms. The second-order valence-electron chi connectivity index (χ2n) is 3.17. The van der Waals surface area contributed by atoms with Crippen LogP contribution in [0.15, 0.2) is 18.2 Å². The van der Waals surface area contributed by atoms with Gasteiger partial charge in [0.15, 0.2) is 0 Å².